The first kappa shape index (κ1) is 34.5. The van der Waals surface area contributed by atoms with Gasteiger partial charge in [0, 0.05) is 51.1 Å². The lowest BCUT2D eigenvalue weighted by Gasteiger charge is -2.38. The van der Waals surface area contributed by atoms with Gasteiger partial charge in [0.15, 0.2) is 0 Å². The number of carbonyl (C=O) groups is 1. The Hall–Kier alpha value is -3.33. The van der Waals surface area contributed by atoms with Gasteiger partial charge in [0.2, 0.25) is 0 Å². The number of benzene rings is 1. The van der Waals surface area contributed by atoms with Crippen molar-refractivity contribution in [3.05, 3.63) is 53.9 Å². The molecule has 0 bridgehead atoms. The molecule has 3 saturated heterocycles. The van der Waals surface area contributed by atoms with Crippen LogP contribution in [0.3, 0.4) is 0 Å². The zero-order valence-electron chi connectivity index (χ0n) is 25.8. The number of nitrogens with two attached hydrogens (primary N) is 1. The van der Waals surface area contributed by atoms with Crippen molar-refractivity contribution in [1.82, 2.24) is 15.5 Å². The third-order valence-electron chi connectivity index (χ3n) is 8.20. The summed E-state index contributed by atoms with van der Waals surface area (Å²) < 4.78 is 63.7. The second-order valence-electron chi connectivity index (χ2n) is 11.4. The standard InChI is InChI=1S/C31H44F3N5O6/c1-20(36-18-24-5-4-6-27(44-24)21-7-9-23(10-8-21)45-31(32,33)34)17-26(38-30(35)42-3)29(40)39-14-11-22(12-15-39)37-25-13-16-43-19-28(25)41-2/h7-10,17,22,24-25,27-28,36-37H,1,4-6,11-16,18-19H2,2-3H3,(H2,35,38)/b26-17-/t24-,25+,27+,28-/m1/s1. The molecule has 250 valence electrons. The minimum absolute atomic E-state index is 0.0102. The quantitative estimate of drug-likeness (QED) is 0.144. The summed E-state index contributed by atoms with van der Waals surface area (Å²) >= 11 is 0. The number of halogens is 3. The van der Waals surface area contributed by atoms with Crippen LogP contribution in [-0.4, -0.2) is 94.6 Å². The molecule has 1 amide bonds. The van der Waals surface area contributed by atoms with Crippen LogP contribution >= 0.6 is 0 Å². The SMILES string of the molecule is C=C(/C=C(\N=C(/N)OC)C(=O)N1CCC(N[C@H]2CCOC[C@H]2OC)CC1)NC[C@H]1CCC[C@@H](c2ccc(OC(F)(F)F)cc2)O1. The molecule has 3 aliphatic rings. The molecule has 1 aromatic rings. The molecule has 0 aliphatic carbocycles. The summed E-state index contributed by atoms with van der Waals surface area (Å²) in [6.07, 6.45) is 1.24. The first-order valence-corrected chi connectivity index (χ1v) is 15.2. The van der Waals surface area contributed by atoms with E-state index >= 15 is 0 Å². The Morgan fingerprint density at radius 2 is 1.89 bits per heavy atom. The zero-order chi connectivity index (χ0) is 32.4. The number of hydrogen-bond acceptors (Lipinski definition) is 9. The highest BCUT2D eigenvalue weighted by Crippen LogP contribution is 2.33. The van der Waals surface area contributed by atoms with Gasteiger partial charge in [-0.2, -0.15) is 4.99 Å². The van der Waals surface area contributed by atoms with Crippen LogP contribution in [0.2, 0.25) is 0 Å². The molecule has 3 aliphatic heterocycles. The number of aliphatic imine (C=N–C) groups is 1. The normalized spacial score (nSPS) is 25.5. The molecule has 11 nitrogen and oxygen atoms in total. The van der Waals surface area contributed by atoms with E-state index in [0.29, 0.717) is 38.5 Å². The number of amides is 1. The Labute approximate surface area is 261 Å². The molecule has 0 aromatic heterocycles. The maximum atomic E-state index is 13.5. The Kier molecular flexibility index (Phi) is 12.5. The van der Waals surface area contributed by atoms with E-state index < -0.39 is 6.36 Å². The van der Waals surface area contributed by atoms with Crippen LogP contribution < -0.4 is 21.1 Å². The third-order valence-corrected chi connectivity index (χ3v) is 8.20. The van der Waals surface area contributed by atoms with E-state index in [9.17, 15) is 18.0 Å². The summed E-state index contributed by atoms with van der Waals surface area (Å²) in [7, 11) is 3.07. The van der Waals surface area contributed by atoms with Crippen LogP contribution in [0.1, 0.15) is 50.2 Å². The summed E-state index contributed by atoms with van der Waals surface area (Å²) in [6.45, 7) is 6.84. The van der Waals surface area contributed by atoms with Crippen molar-refractivity contribution in [3.8, 4) is 5.75 Å². The number of alkyl halides is 3. The third kappa shape index (κ3) is 10.6. The van der Waals surface area contributed by atoms with E-state index in [1.165, 1.54) is 19.2 Å². The monoisotopic (exact) mass is 639 g/mol. The van der Waals surface area contributed by atoms with Gasteiger partial charge in [-0.25, -0.2) is 0 Å². The van der Waals surface area contributed by atoms with Crippen molar-refractivity contribution in [3.63, 3.8) is 0 Å². The van der Waals surface area contributed by atoms with Gasteiger partial charge >= 0.3 is 6.36 Å². The Morgan fingerprint density at radius 3 is 2.56 bits per heavy atom. The maximum Gasteiger partial charge on any atom is 0.573 e. The fourth-order valence-electron chi connectivity index (χ4n) is 5.79. The van der Waals surface area contributed by atoms with Crippen LogP contribution in [0.5, 0.6) is 5.75 Å². The Balaban J connectivity index is 1.30. The van der Waals surface area contributed by atoms with Crippen molar-refractivity contribution in [2.24, 2.45) is 10.7 Å². The highest BCUT2D eigenvalue weighted by Gasteiger charge is 2.32. The average Bonchev–Trinajstić information content (AvgIpc) is 3.03. The van der Waals surface area contributed by atoms with E-state index in [1.54, 1.807) is 30.2 Å². The number of piperidine rings is 1. The lowest BCUT2D eigenvalue weighted by molar-refractivity contribution is -0.274. The van der Waals surface area contributed by atoms with Gasteiger partial charge in [0.25, 0.3) is 11.9 Å². The van der Waals surface area contributed by atoms with Crippen molar-refractivity contribution in [2.45, 2.75) is 75.3 Å². The predicted molar refractivity (Wildman–Crippen MR) is 161 cm³/mol. The van der Waals surface area contributed by atoms with E-state index in [-0.39, 0.29) is 53.8 Å². The van der Waals surface area contributed by atoms with Gasteiger partial charge in [-0.3, -0.25) is 4.79 Å². The number of nitrogens with zero attached hydrogens (tertiary/aromatic N) is 2. The minimum atomic E-state index is -4.74. The second-order valence-corrected chi connectivity index (χ2v) is 11.4. The summed E-state index contributed by atoms with van der Waals surface area (Å²) in [5, 5.41) is 6.89. The van der Waals surface area contributed by atoms with Crippen LogP contribution in [0.15, 0.2) is 53.3 Å². The summed E-state index contributed by atoms with van der Waals surface area (Å²) in [6, 6.07) is 6.07. The first-order valence-electron chi connectivity index (χ1n) is 15.2. The summed E-state index contributed by atoms with van der Waals surface area (Å²) in [4.78, 5) is 19.5. The molecule has 0 radical (unpaired) electrons. The fraction of sp³-hybridized carbons (Fsp3) is 0.613. The van der Waals surface area contributed by atoms with E-state index in [4.69, 9.17) is 24.7 Å². The first-order chi connectivity index (χ1) is 21.5. The lowest BCUT2D eigenvalue weighted by atomic mass is 9.98. The molecular formula is C31H44F3N5O6. The number of amidine groups is 1. The molecule has 0 saturated carbocycles. The van der Waals surface area contributed by atoms with Gasteiger partial charge in [-0.15, -0.1) is 13.2 Å². The van der Waals surface area contributed by atoms with Crippen molar-refractivity contribution >= 4 is 11.9 Å². The summed E-state index contributed by atoms with van der Waals surface area (Å²) in [5.74, 6) is -0.550. The molecule has 0 unspecified atom stereocenters. The smallest absolute Gasteiger partial charge is 0.469 e. The molecule has 3 fully saturated rings. The molecule has 1 aromatic carbocycles. The van der Waals surface area contributed by atoms with E-state index in [1.807, 2.05) is 0 Å². The molecule has 0 spiro atoms. The van der Waals surface area contributed by atoms with Crippen LogP contribution in [0.4, 0.5) is 13.2 Å². The summed E-state index contributed by atoms with van der Waals surface area (Å²) in [5.41, 5.74) is 7.15. The Bertz CT molecular complexity index is 1190. The molecule has 4 rings (SSSR count). The van der Waals surface area contributed by atoms with Crippen LogP contribution in [0, 0.1) is 0 Å². The number of ether oxygens (including phenoxy) is 5. The highest BCUT2D eigenvalue weighted by molar-refractivity contribution is 5.96. The highest BCUT2D eigenvalue weighted by atomic mass is 19.4. The lowest BCUT2D eigenvalue weighted by Crippen LogP contribution is -2.54. The van der Waals surface area contributed by atoms with E-state index in [0.717, 1.165) is 44.1 Å². The number of carbonyl (C=O) groups excluding carboxylic acids is 1. The number of nitrogens with one attached hydrogen (secondary N) is 2. The molecular weight excluding hydrogens is 595 g/mol. The number of allylic oxidation sites excluding steroid dienone is 1. The molecule has 45 heavy (non-hydrogen) atoms. The maximum absolute atomic E-state index is 13.5. The second kappa shape index (κ2) is 16.3. The van der Waals surface area contributed by atoms with E-state index in [2.05, 4.69) is 26.9 Å². The van der Waals surface area contributed by atoms with Crippen molar-refractivity contribution in [1.29, 1.82) is 0 Å². The minimum Gasteiger partial charge on any atom is -0.469 e. The zero-order valence-corrected chi connectivity index (χ0v) is 25.8. The average molecular weight is 640 g/mol. The largest absolute Gasteiger partial charge is 0.573 e. The van der Waals surface area contributed by atoms with Gasteiger partial charge in [0.05, 0.1) is 32.0 Å². The van der Waals surface area contributed by atoms with Crippen molar-refractivity contribution < 1.29 is 41.7 Å². The molecule has 14 heteroatoms. The van der Waals surface area contributed by atoms with Crippen LogP contribution in [-0.2, 0) is 23.7 Å². The number of likely N-dealkylation sites (tertiary alicyclic amines) is 1. The van der Waals surface area contributed by atoms with Gasteiger partial charge in [-0.05, 0) is 62.3 Å². The predicted octanol–water partition coefficient (Wildman–Crippen LogP) is 3.53. The number of hydrogen-bond donors (Lipinski definition) is 3. The molecule has 3 heterocycles. The van der Waals surface area contributed by atoms with Crippen LogP contribution in [0.25, 0.3) is 0 Å². The van der Waals surface area contributed by atoms with Crippen molar-refractivity contribution in [2.75, 3.05) is 47.1 Å². The number of rotatable bonds is 11. The van der Waals surface area contributed by atoms with Gasteiger partial charge in [-0.1, -0.05) is 18.7 Å². The molecule has 4 atom stereocenters. The van der Waals surface area contributed by atoms with Gasteiger partial charge in [0.1, 0.15) is 11.4 Å². The number of methoxy groups -OCH3 is 2. The van der Waals surface area contributed by atoms with Gasteiger partial charge < -0.3 is 45.0 Å². The Morgan fingerprint density at radius 1 is 1.16 bits per heavy atom. The molecule has 4 N–H and O–H groups in total. The topological polar surface area (TPSA) is 129 Å². The fourth-order valence-corrected chi connectivity index (χ4v) is 5.79.